The first-order valence-corrected chi connectivity index (χ1v) is 13.5. The smallest absolute Gasteiger partial charge is 0.143 e. The highest BCUT2D eigenvalue weighted by Gasteiger charge is 2.17. The lowest BCUT2D eigenvalue weighted by Gasteiger charge is -2.25. The zero-order valence-electron chi connectivity index (χ0n) is 21.6. The minimum absolute atomic E-state index is 0.762. The molecule has 3 aromatic heterocycles. The van der Waals surface area contributed by atoms with Gasteiger partial charge in [-0.15, -0.1) is 0 Å². The van der Waals surface area contributed by atoms with E-state index < -0.39 is 0 Å². The van der Waals surface area contributed by atoms with Crippen LogP contribution < -0.4 is 0 Å². The topological polar surface area (TPSA) is 50.1 Å². The van der Waals surface area contributed by atoms with Crippen LogP contribution in [0, 0.1) is 0 Å². The summed E-state index contributed by atoms with van der Waals surface area (Å²) in [7, 11) is 2.19. The third kappa shape index (κ3) is 5.48. The number of halogens is 1. The van der Waals surface area contributed by atoms with E-state index in [4.69, 9.17) is 11.6 Å². The van der Waals surface area contributed by atoms with Gasteiger partial charge in [-0.05, 0) is 71.6 Å². The van der Waals surface area contributed by atoms with Crippen molar-refractivity contribution >= 4 is 22.6 Å². The van der Waals surface area contributed by atoms with Gasteiger partial charge in [-0.3, -0.25) is 9.88 Å². The summed E-state index contributed by atoms with van der Waals surface area (Å²) in [6.07, 6.45) is 8.25. The third-order valence-corrected chi connectivity index (χ3v) is 7.68. The Kier molecular flexibility index (Phi) is 7.18. The number of fused-ring (bicyclic) bond motifs is 8. The highest BCUT2D eigenvalue weighted by molar-refractivity contribution is 6.31. The number of pyridine rings is 1. The first-order chi connectivity index (χ1) is 18.6. The summed E-state index contributed by atoms with van der Waals surface area (Å²) in [5.41, 5.74) is 8.35. The van der Waals surface area contributed by atoms with Crippen LogP contribution in [0.1, 0.15) is 22.3 Å². The van der Waals surface area contributed by atoms with Crippen LogP contribution >= 0.6 is 11.6 Å². The van der Waals surface area contributed by atoms with Crippen molar-refractivity contribution in [2.45, 2.75) is 32.6 Å². The Morgan fingerprint density at radius 3 is 2.66 bits per heavy atom. The predicted octanol–water partition coefficient (Wildman–Crippen LogP) is 5.84. The van der Waals surface area contributed by atoms with Gasteiger partial charge in [-0.25, -0.2) is 9.97 Å². The van der Waals surface area contributed by atoms with E-state index >= 15 is 0 Å². The van der Waals surface area contributed by atoms with E-state index in [1.807, 2.05) is 24.7 Å². The fraction of sp³-hybridized carbons (Fsp3) is 0.258. The molecular formula is C31H31ClN6. The maximum Gasteiger partial charge on any atom is 0.143 e. The minimum atomic E-state index is 0.762. The van der Waals surface area contributed by atoms with Crippen molar-refractivity contribution < 1.29 is 0 Å². The molecule has 6 nitrogen and oxygen atoms in total. The zero-order valence-corrected chi connectivity index (χ0v) is 22.3. The number of hydrogen-bond acceptors (Lipinski definition) is 5. The lowest BCUT2D eigenvalue weighted by Crippen LogP contribution is -2.27. The standard InChI is InChI=1S/C31H31ClN6/c1-36-12-9-23-3-2-4-26(15-23)30-17-27-18-34-22-35-31(27)38(30)14-13-37(20-24-7-10-33-11-8-24)21-28-16-25(19-36)5-6-29(28)32/h2-8,10-11,15-18,22H,9,12-14,19-21H2,1H3. The molecule has 1 aliphatic heterocycles. The molecule has 0 amide bonds. The second kappa shape index (κ2) is 11.0. The second-order valence-corrected chi connectivity index (χ2v) is 10.6. The van der Waals surface area contributed by atoms with Gasteiger partial charge in [0.15, 0.2) is 0 Å². The maximum atomic E-state index is 6.75. The molecule has 1 aliphatic rings. The molecule has 6 rings (SSSR count). The molecule has 5 aromatic rings. The van der Waals surface area contributed by atoms with Gasteiger partial charge < -0.3 is 9.47 Å². The molecule has 38 heavy (non-hydrogen) atoms. The Morgan fingerprint density at radius 2 is 1.76 bits per heavy atom. The minimum Gasteiger partial charge on any atom is -0.324 e. The number of likely N-dealkylation sites (N-methyl/N-ethyl adjacent to an activating group) is 1. The van der Waals surface area contributed by atoms with Crippen molar-refractivity contribution in [2.75, 3.05) is 20.1 Å². The van der Waals surface area contributed by atoms with Crippen LogP contribution in [-0.4, -0.2) is 49.5 Å². The van der Waals surface area contributed by atoms with Crippen molar-refractivity contribution in [3.63, 3.8) is 0 Å². The van der Waals surface area contributed by atoms with Gasteiger partial charge >= 0.3 is 0 Å². The maximum absolute atomic E-state index is 6.75. The molecule has 0 saturated heterocycles. The van der Waals surface area contributed by atoms with E-state index in [1.54, 1.807) is 6.33 Å². The van der Waals surface area contributed by atoms with Crippen molar-refractivity contribution in [1.29, 1.82) is 0 Å². The van der Waals surface area contributed by atoms with Gasteiger partial charge in [-0.2, -0.15) is 0 Å². The van der Waals surface area contributed by atoms with Gasteiger partial charge in [-0.1, -0.05) is 41.9 Å². The van der Waals surface area contributed by atoms with Crippen molar-refractivity contribution in [3.8, 4) is 11.3 Å². The first kappa shape index (κ1) is 24.7. The SMILES string of the molecule is CN1CCc2cccc(c2)-c2cc3cncnc3n2CCN(Cc2ccncc2)Cc2cc(ccc2Cl)C1. The predicted molar refractivity (Wildman–Crippen MR) is 153 cm³/mol. The summed E-state index contributed by atoms with van der Waals surface area (Å²) in [5, 5.41) is 1.87. The van der Waals surface area contributed by atoms with E-state index in [2.05, 4.69) is 91.0 Å². The van der Waals surface area contributed by atoms with Crippen molar-refractivity contribution in [3.05, 3.63) is 113 Å². The molecule has 0 fully saturated rings. The lowest BCUT2D eigenvalue weighted by molar-refractivity contribution is 0.247. The number of hydrogen-bond donors (Lipinski definition) is 0. The Balaban J connectivity index is 1.43. The van der Waals surface area contributed by atoms with Crippen LogP contribution in [0.25, 0.3) is 22.3 Å². The zero-order chi connectivity index (χ0) is 25.9. The molecule has 2 aromatic carbocycles. The monoisotopic (exact) mass is 522 g/mol. The van der Waals surface area contributed by atoms with Gasteiger partial charge in [0.2, 0.25) is 0 Å². The Hall–Kier alpha value is -3.58. The quantitative estimate of drug-likeness (QED) is 0.291. The van der Waals surface area contributed by atoms with Gasteiger partial charge in [0, 0.05) is 68.3 Å². The van der Waals surface area contributed by atoms with E-state index in [9.17, 15) is 0 Å². The van der Waals surface area contributed by atoms with Crippen molar-refractivity contribution in [2.24, 2.45) is 0 Å². The van der Waals surface area contributed by atoms with Crippen LogP contribution in [0.5, 0.6) is 0 Å². The van der Waals surface area contributed by atoms with Gasteiger partial charge in [0.05, 0.1) is 5.69 Å². The van der Waals surface area contributed by atoms with Gasteiger partial charge in [0.25, 0.3) is 0 Å². The van der Waals surface area contributed by atoms with Crippen LogP contribution in [0.3, 0.4) is 0 Å². The number of benzene rings is 2. The normalized spacial score (nSPS) is 15.4. The fourth-order valence-electron chi connectivity index (χ4n) is 5.35. The molecule has 0 atom stereocenters. The first-order valence-electron chi connectivity index (χ1n) is 13.1. The largest absolute Gasteiger partial charge is 0.324 e. The molecule has 0 aliphatic carbocycles. The second-order valence-electron chi connectivity index (χ2n) is 10.2. The van der Waals surface area contributed by atoms with E-state index in [0.29, 0.717) is 0 Å². The molecular weight excluding hydrogens is 492 g/mol. The summed E-state index contributed by atoms with van der Waals surface area (Å²) in [6.45, 7) is 5.07. The Bertz CT molecular complexity index is 1550. The van der Waals surface area contributed by atoms with Crippen LogP contribution in [0.4, 0.5) is 0 Å². The highest BCUT2D eigenvalue weighted by Crippen LogP contribution is 2.29. The highest BCUT2D eigenvalue weighted by atomic mass is 35.5. The number of nitrogens with zero attached hydrogens (tertiary/aromatic N) is 6. The van der Waals surface area contributed by atoms with Crippen molar-refractivity contribution in [1.82, 2.24) is 29.3 Å². The average molecular weight is 523 g/mol. The molecule has 0 unspecified atom stereocenters. The summed E-state index contributed by atoms with van der Waals surface area (Å²) < 4.78 is 2.34. The summed E-state index contributed by atoms with van der Waals surface area (Å²) in [5.74, 6) is 0. The van der Waals surface area contributed by atoms with Crippen LogP contribution in [0.2, 0.25) is 5.02 Å². The van der Waals surface area contributed by atoms with Crippen LogP contribution in [-0.2, 0) is 32.6 Å². The molecule has 4 bridgehead atoms. The molecule has 7 heteroatoms. The molecule has 192 valence electrons. The molecule has 4 heterocycles. The van der Waals surface area contributed by atoms with E-state index in [0.717, 1.165) is 67.3 Å². The molecule has 0 N–H and O–H groups in total. The third-order valence-electron chi connectivity index (χ3n) is 7.31. The number of aromatic nitrogens is 4. The molecule has 0 spiro atoms. The van der Waals surface area contributed by atoms with Gasteiger partial charge in [0.1, 0.15) is 12.0 Å². The lowest BCUT2D eigenvalue weighted by atomic mass is 10.0. The van der Waals surface area contributed by atoms with E-state index in [-0.39, 0.29) is 0 Å². The summed E-state index contributed by atoms with van der Waals surface area (Å²) in [4.78, 5) is 18.0. The molecule has 0 radical (unpaired) electrons. The van der Waals surface area contributed by atoms with Crippen LogP contribution in [0.15, 0.2) is 85.6 Å². The summed E-state index contributed by atoms with van der Waals surface area (Å²) >= 11 is 6.75. The number of rotatable bonds is 2. The molecule has 0 saturated carbocycles. The Labute approximate surface area is 228 Å². The summed E-state index contributed by atoms with van der Waals surface area (Å²) in [6, 6.07) is 21.8. The van der Waals surface area contributed by atoms with E-state index in [1.165, 1.54) is 27.9 Å². The Morgan fingerprint density at radius 1 is 0.868 bits per heavy atom. The average Bonchev–Trinajstić information content (AvgIpc) is 3.31. The fourth-order valence-corrected chi connectivity index (χ4v) is 5.53.